The van der Waals surface area contributed by atoms with E-state index in [0.29, 0.717) is 11.5 Å². The van der Waals surface area contributed by atoms with Crippen molar-refractivity contribution >= 4 is 10.1 Å². The Morgan fingerprint density at radius 3 is 2.94 bits per heavy atom. The van der Waals surface area contributed by atoms with Gasteiger partial charge in [0.1, 0.15) is 12.3 Å². The molecular weight excluding hydrogens is 244 g/mol. The van der Waals surface area contributed by atoms with E-state index in [-0.39, 0.29) is 6.61 Å². The smallest absolute Gasteiger partial charge is 0.264 e. The molecule has 17 heavy (non-hydrogen) atoms. The average Bonchev–Trinajstić information content (AvgIpc) is 2.75. The van der Waals surface area contributed by atoms with E-state index in [1.165, 1.54) is 0 Å². The van der Waals surface area contributed by atoms with Gasteiger partial charge in [-0.25, -0.2) is 0 Å². The van der Waals surface area contributed by atoms with Crippen LogP contribution < -0.4 is 0 Å². The van der Waals surface area contributed by atoms with E-state index in [4.69, 9.17) is 4.52 Å². The lowest BCUT2D eigenvalue weighted by Crippen LogP contribution is -2.01. The first-order valence-corrected chi connectivity index (χ1v) is 6.57. The van der Waals surface area contributed by atoms with Crippen molar-refractivity contribution in [3.8, 4) is 11.3 Å². The highest BCUT2D eigenvalue weighted by Gasteiger charge is 2.09. The van der Waals surface area contributed by atoms with Crippen LogP contribution in [0, 0.1) is 0 Å². The van der Waals surface area contributed by atoms with Gasteiger partial charge in [-0.05, 0) is 12.1 Å². The molecule has 6 nitrogen and oxygen atoms in total. The molecule has 0 amide bonds. The highest BCUT2D eigenvalue weighted by molar-refractivity contribution is 7.85. The maximum atomic E-state index is 10.8. The first-order chi connectivity index (χ1) is 8.04. The van der Waals surface area contributed by atoms with Gasteiger partial charge in [0.05, 0.1) is 6.26 Å². The van der Waals surface area contributed by atoms with Crippen LogP contribution in [0.25, 0.3) is 11.3 Å². The van der Waals surface area contributed by atoms with E-state index in [1.54, 1.807) is 24.5 Å². The number of aromatic nitrogens is 2. The molecule has 2 heterocycles. The van der Waals surface area contributed by atoms with Gasteiger partial charge < -0.3 is 4.52 Å². The third-order valence-electron chi connectivity index (χ3n) is 1.93. The number of hydrogen-bond acceptors (Lipinski definition) is 6. The van der Waals surface area contributed by atoms with E-state index in [9.17, 15) is 8.42 Å². The second-order valence-corrected chi connectivity index (χ2v) is 5.03. The van der Waals surface area contributed by atoms with Gasteiger partial charge in [-0.3, -0.25) is 9.17 Å². The molecule has 0 unspecified atom stereocenters. The van der Waals surface area contributed by atoms with Gasteiger partial charge in [0.15, 0.2) is 5.76 Å². The lowest BCUT2D eigenvalue weighted by atomic mass is 10.2. The third kappa shape index (κ3) is 3.36. The predicted octanol–water partition coefficient (Wildman–Crippen LogP) is 1.21. The molecule has 90 valence electrons. The van der Waals surface area contributed by atoms with Crippen molar-refractivity contribution in [2.24, 2.45) is 0 Å². The normalized spacial score (nSPS) is 11.6. The lowest BCUT2D eigenvalue weighted by molar-refractivity contribution is 0.256. The van der Waals surface area contributed by atoms with Crippen LogP contribution in [-0.2, 0) is 20.9 Å². The molecule has 2 aromatic rings. The molecule has 2 rings (SSSR count). The number of pyridine rings is 1. The van der Waals surface area contributed by atoms with E-state index in [0.717, 1.165) is 11.8 Å². The van der Waals surface area contributed by atoms with Crippen LogP contribution in [0.1, 0.15) is 5.76 Å². The molecular formula is C10H10N2O4S. The molecule has 0 aliphatic heterocycles. The molecule has 7 heteroatoms. The number of nitrogens with zero attached hydrogens (tertiary/aromatic N) is 2. The molecule has 0 saturated carbocycles. The Hall–Kier alpha value is -1.73. The predicted molar refractivity (Wildman–Crippen MR) is 59.4 cm³/mol. The molecule has 0 atom stereocenters. The fraction of sp³-hybridized carbons (Fsp3) is 0.200. The van der Waals surface area contributed by atoms with Crippen molar-refractivity contribution in [2.75, 3.05) is 6.26 Å². The van der Waals surface area contributed by atoms with Crippen molar-refractivity contribution in [1.82, 2.24) is 10.1 Å². The summed E-state index contributed by atoms with van der Waals surface area (Å²) in [6.45, 7) is -0.161. The Balaban J connectivity index is 2.12. The summed E-state index contributed by atoms with van der Waals surface area (Å²) in [6.07, 6.45) is 4.27. The first kappa shape index (κ1) is 11.7. The summed E-state index contributed by atoms with van der Waals surface area (Å²) in [7, 11) is -3.48. The topological polar surface area (TPSA) is 82.3 Å². The second kappa shape index (κ2) is 4.64. The van der Waals surface area contributed by atoms with Crippen molar-refractivity contribution in [3.05, 3.63) is 36.4 Å². The minimum Gasteiger partial charge on any atom is -0.358 e. The minimum atomic E-state index is -3.48. The maximum absolute atomic E-state index is 10.8. The van der Waals surface area contributed by atoms with Crippen molar-refractivity contribution in [1.29, 1.82) is 0 Å². The SMILES string of the molecule is CS(=O)(=O)OCc1cc(-c2cccnc2)no1. The second-order valence-electron chi connectivity index (χ2n) is 3.39. The average molecular weight is 254 g/mol. The van der Waals surface area contributed by atoms with Gasteiger partial charge in [0, 0.05) is 24.0 Å². The zero-order chi connectivity index (χ0) is 12.3. The molecule has 0 aliphatic rings. The van der Waals surface area contributed by atoms with Gasteiger partial charge in [-0.2, -0.15) is 8.42 Å². The Bertz CT molecular complexity index is 592. The van der Waals surface area contributed by atoms with Gasteiger partial charge >= 0.3 is 0 Å². The molecule has 0 radical (unpaired) electrons. The summed E-state index contributed by atoms with van der Waals surface area (Å²) in [5.74, 6) is 0.342. The summed E-state index contributed by atoms with van der Waals surface area (Å²) in [5.41, 5.74) is 1.38. The summed E-state index contributed by atoms with van der Waals surface area (Å²) < 4.78 is 31.1. The largest absolute Gasteiger partial charge is 0.358 e. The molecule has 0 bridgehead atoms. The summed E-state index contributed by atoms with van der Waals surface area (Å²) in [5, 5.41) is 3.80. The Kier molecular flexibility index (Phi) is 3.21. The molecule has 0 aliphatic carbocycles. The lowest BCUT2D eigenvalue weighted by Gasteiger charge is -1.95. The monoisotopic (exact) mass is 254 g/mol. The first-order valence-electron chi connectivity index (χ1n) is 4.75. The standard InChI is InChI=1S/C10H10N2O4S/c1-17(13,14)15-7-9-5-10(12-16-9)8-3-2-4-11-6-8/h2-6H,7H2,1H3. The van der Waals surface area contributed by atoms with Crippen LogP contribution in [0.4, 0.5) is 0 Å². The van der Waals surface area contributed by atoms with E-state index in [2.05, 4.69) is 14.3 Å². The van der Waals surface area contributed by atoms with Gasteiger partial charge in [-0.15, -0.1) is 0 Å². The minimum absolute atomic E-state index is 0.161. The molecule has 2 aromatic heterocycles. The van der Waals surface area contributed by atoms with Crippen molar-refractivity contribution < 1.29 is 17.1 Å². The summed E-state index contributed by atoms with van der Waals surface area (Å²) in [4.78, 5) is 3.95. The Morgan fingerprint density at radius 1 is 1.47 bits per heavy atom. The van der Waals surface area contributed by atoms with Crippen LogP contribution in [0.15, 0.2) is 35.1 Å². The fourth-order valence-corrected chi connectivity index (χ4v) is 1.53. The molecule has 0 aromatic carbocycles. The number of rotatable bonds is 4. The molecule has 0 spiro atoms. The molecule has 0 N–H and O–H groups in total. The van der Waals surface area contributed by atoms with Crippen LogP contribution in [0.2, 0.25) is 0 Å². The highest BCUT2D eigenvalue weighted by atomic mass is 32.2. The fourth-order valence-electron chi connectivity index (χ4n) is 1.20. The number of hydrogen-bond donors (Lipinski definition) is 0. The zero-order valence-corrected chi connectivity index (χ0v) is 9.85. The molecule has 0 saturated heterocycles. The maximum Gasteiger partial charge on any atom is 0.264 e. The Morgan fingerprint density at radius 2 is 2.29 bits per heavy atom. The summed E-state index contributed by atoms with van der Waals surface area (Å²) in [6, 6.07) is 5.21. The van der Waals surface area contributed by atoms with E-state index < -0.39 is 10.1 Å². The van der Waals surface area contributed by atoms with Gasteiger partial charge in [0.2, 0.25) is 0 Å². The van der Waals surface area contributed by atoms with Crippen LogP contribution in [0.3, 0.4) is 0 Å². The summed E-state index contributed by atoms with van der Waals surface area (Å²) >= 11 is 0. The van der Waals surface area contributed by atoms with Crippen molar-refractivity contribution in [3.63, 3.8) is 0 Å². The van der Waals surface area contributed by atoms with E-state index in [1.807, 2.05) is 6.07 Å². The van der Waals surface area contributed by atoms with E-state index >= 15 is 0 Å². The van der Waals surface area contributed by atoms with Crippen LogP contribution >= 0.6 is 0 Å². The highest BCUT2D eigenvalue weighted by Crippen LogP contribution is 2.18. The van der Waals surface area contributed by atoms with Gasteiger partial charge in [-0.1, -0.05) is 5.16 Å². The van der Waals surface area contributed by atoms with Gasteiger partial charge in [0.25, 0.3) is 10.1 Å². The van der Waals surface area contributed by atoms with Crippen LogP contribution in [-0.4, -0.2) is 24.8 Å². The van der Waals surface area contributed by atoms with Crippen molar-refractivity contribution in [2.45, 2.75) is 6.61 Å². The zero-order valence-electron chi connectivity index (χ0n) is 9.03. The third-order valence-corrected chi connectivity index (χ3v) is 2.48. The molecule has 0 fully saturated rings. The van der Waals surface area contributed by atoms with Crippen LogP contribution in [0.5, 0.6) is 0 Å². The quantitative estimate of drug-likeness (QED) is 0.763. The Labute approximate surface area is 98.4 Å².